The third-order valence-corrected chi connectivity index (χ3v) is 7.22. The van der Waals surface area contributed by atoms with Gasteiger partial charge in [0.2, 0.25) is 5.91 Å². The zero-order valence-electron chi connectivity index (χ0n) is 19.8. The number of aromatic nitrogens is 3. The fourth-order valence-electron chi connectivity index (χ4n) is 4.27. The Bertz CT molecular complexity index is 1390. The summed E-state index contributed by atoms with van der Waals surface area (Å²) in [7, 11) is 0. The average molecular weight is 481 g/mol. The lowest BCUT2D eigenvalue weighted by Gasteiger charge is -2.20. The number of hydrogen-bond donors (Lipinski definition) is 0. The predicted octanol–water partition coefficient (Wildman–Crippen LogP) is 6.39. The van der Waals surface area contributed by atoms with Crippen LogP contribution in [-0.2, 0) is 24.2 Å². The molecule has 0 saturated heterocycles. The van der Waals surface area contributed by atoms with Gasteiger partial charge in [-0.25, -0.2) is 9.97 Å². The maximum atomic E-state index is 13.6. The van der Waals surface area contributed by atoms with Gasteiger partial charge >= 0.3 is 0 Å². The molecule has 0 radical (unpaired) electrons. The van der Waals surface area contributed by atoms with Gasteiger partial charge in [0, 0.05) is 25.5 Å². The highest BCUT2D eigenvalue weighted by molar-refractivity contribution is 7.22. The third-order valence-electron chi connectivity index (χ3n) is 6.18. The zero-order valence-corrected chi connectivity index (χ0v) is 20.6. The van der Waals surface area contributed by atoms with Crippen LogP contribution in [0.4, 0.5) is 5.13 Å². The molecule has 0 N–H and O–H groups in total. The number of amides is 1. The number of nitrogens with zero attached hydrogens (tertiary/aromatic N) is 4. The van der Waals surface area contributed by atoms with Crippen LogP contribution in [0.5, 0.6) is 0 Å². The van der Waals surface area contributed by atoms with Gasteiger partial charge in [-0.2, -0.15) is 0 Å². The summed E-state index contributed by atoms with van der Waals surface area (Å²) in [6.07, 6.45) is 7.63. The van der Waals surface area contributed by atoms with E-state index in [0.717, 1.165) is 45.9 Å². The standard InChI is InChI=1S/C29H28N4OS/c1-2-23-10-6-11-26-28(23)31-29(35-26)33(18-7-17-32-19-16-30-21-32)27(34)20-22-12-14-25(15-13-22)24-8-4-3-5-9-24/h3-6,8-16,19,21H,2,7,17-18,20H2,1H3. The molecule has 0 spiro atoms. The van der Waals surface area contributed by atoms with Crippen molar-refractivity contribution in [1.82, 2.24) is 14.5 Å². The van der Waals surface area contributed by atoms with E-state index in [0.29, 0.717) is 13.0 Å². The van der Waals surface area contributed by atoms with E-state index in [4.69, 9.17) is 4.98 Å². The van der Waals surface area contributed by atoms with E-state index in [9.17, 15) is 4.79 Å². The van der Waals surface area contributed by atoms with Gasteiger partial charge < -0.3 is 4.57 Å². The van der Waals surface area contributed by atoms with E-state index < -0.39 is 0 Å². The molecule has 0 aliphatic heterocycles. The fraction of sp³-hybridized carbons (Fsp3) is 0.207. The van der Waals surface area contributed by atoms with Crippen LogP contribution >= 0.6 is 11.3 Å². The first kappa shape index (κ1) is 23.0. The second kappa shape index (κ2) is 10.7. The zero-order chi connectivity index (χ0) is 24.0. The molecule has 0 aliphatic carbocycles. The largest absolute Gasteiger partial charge is 0.337 e. The molecular formula is C29H28N4OS. The summed E-state index contributed by atoms with van der Waals surface area (Å²) in [6, 6.07) is 24.9. The van der Waals surface area contributed by atoms with Crippen LogP contribution in [0.15, 0.2) is 91.5 Å². The molecule has 176 valence electrons. The summed E-state index contributed by atoms with van der Waals surface area (Å²) in [5.41, 5.74) is 5.55. The van der Waals surface area contributed by atoms with E-state index in [2.05, 4.69) is 66.5 Å². The van der Waals surface area contributed by atoms with Crippen LogP contribution in [0.2, 0.25) is 0 Å². The van der Waals surface area contributed by atoms with E-state index in [-0.39, 0.29) is 5.91 Å². The van der Waals surface area contributed by atoms with Gasteiger partial charge in [0.25, 0.3) is 0 Å². The number of aryl methyl sites for hydroxylation is 2. The molecule has 3 aromatic carbocycles. The van der Waals surface area contributed by atoms with Crippen LogP contribution in [0.1, 0.15) is 24.5 Å². The molecule has 5 nitrogen and oxygen atoms in total. The topological polar surface area (TPSA) is 51.0 Å². The Morgan fingerprint density at radius 2 is 1.77 bits per heavy atom. The first-order chi connectivity index (χ1) is 17.2. The molecule has 6 heteroatoms. The smallest absolute Gasteiger partial charge is 0.233 e. The Morgan fingerprint density at radius 1 is 0.971 bits per heavy atom. The molecule has 1 amide bonds. The molecule has 0 unspecified atom stereocenters. The lowest BCUT2D eigenvalue weighted by molar-refractivity contribution is -0.118. The Labute approximate surface area is 209 Å². The SMILES string of the molecule is CCc1cccc2sc(N(CCCn3ccnc3)C(=O)Cc3ccc(-c4ccccc4)cc3)nc12. The lowest BCUT2D eigenvalue weighted by Crippen LogP contribution is -2.33. The molecular weight excluding hydrogens is 452 g/mol. The van der Waals surface area contributed by atoms with Crippen molar-refractivity contribution in [3.05, 3.63) is 103 Å². The van der Waals surface area contributed by atoms with Gasteiger partial charge in [-0.15, -0.1) is 0 Å². The van der Waals surface area contributed by atoms with Crippen molar-refractivity contribution in [1.29, 1.82) is 0 Å². The molecule has 0 fully saturated rings. The van der Waals surface area contributed by atoms with Crippen molar-refractivity contribution in [3.63, 3.8) is 0 Å². The maximum Gasteiger partial charge on any atom is 0.233 e. The van der Waals surface area contributed by atoms with Crippen LogP contribution in [0.25, 0.3) is 21.3 Å². The van der Waals surface area contributed by atoms with Gasteiger partial charge in [0.05, 0.1) is 23.0 Å². The van der Waals surface area contributed by atoms with Gasteiger partial charge in [0.1, 0.15) is 0 Å². The monoisotopic (exact) mass is 480 g/mol. The first-order valence-corrected chi connectivity index (χ1v) is 12.8. The Balaban J connectivity index is 1.37. The van der Waals surface area contributed by atoms with Gasteiger partial charge in [-0.3, -0.25) is 9.69 Å². The van der Waals surface area contributed by atoms with E-state index in [1.54, 1.807) is 17.5 Å². The minimum atomic E-state index is 0.0696. The van der Waals surface area contributed by atoms with Crippen molar-refractivity contribution in [3.8, 4) is 11.1 Å². The summed E-state index contributed by atoms with van der Waals surface area (Å²) >= 11 is 1.60. The van der Waals surface area contributed by atoms with Crippen molar-refractivity contribution >= 4 is 32.6 Å². The van der Waals surface area contributed by atoms with Gasteiger partial charge in [0.15, 0.2) is 5.13 Å². The molecule has 0 bridgehead atoms. The number of para-hydroxylation sites is 1. The summed E-state index contributed by atoms with van der Waals surface area (Å²) in [4.78, 5) is 24.5. The van der Waals surface area contributed by atoms with Crippen LogP contribution in [-0.4, -0.2) is 27.0 Å². The summed E-state index contributed by atoms with van der Waals surface area (Å²) < 4.78 is 3.16. The van der Waals surface area contributed by atoms with Gasteiger partial charge in [-0.05, 0) is 41.2 Å². The number of fused-ring (bicyclic) bond motifs is 1. The quantitative estimate of drug-likeness (QED) is 0.246. The Morgan fingerprint density at radius 3 is 2.51 bits per heavy atom. The number of anilines is 1. The molecule has 0 atom stereocenters. The van der Waals surface area contributed by atoms with Crippen LogP contribution in [0.3, 0.4) is 0 Å². The number of carbonyl (C=O) groups is 1. The van der Waals surface area contributed by atoms with Gasteiger partial charge in [-0.1, -0.05) is 85.0 Å². The first-order valence-electron chi connectivity index (χ1n) is 12.0. The van der Waals surface area contributed by atoms with Crippen molar-refractivity contribution in [2.75, 3.05) is 11.4 Å². The molecule has 5 rings (SSSR count). The average Bonchev–Trinajstić information content (AvgIpc) is 3.57. The van der Waals surface area contributed by atoms with E-state index in [1.165, 1.54) is 11.1 Å². The minimum Gasteiger partial charge on any atom is -0.337 e. The Kier molecular flexibility index (Phi) is 7.00. The van der Waals surface area contributed by atoms with E-state index in [1.807, 2.05) is 40.2 Å². The van der Waals surface area contributed by atoms with Crippen LogP contribution < -0.4 is 4.90 Å². The summed E-state index contributed by atoms with van der Waals surface area (Å²) in [5, 5.41) is 0.775. The fourth-order valence-corrected chi connectivity index (χ4v) is 5.32. The number of hydrogen-bond acceptors (Lipinski definition) is 4. The second-order valence-electron chi connectivity index (χ2n) is 8.55. The summed E-state index contributed by atoms with van der Waals surface area (Å²) in [5.74, 6) is 0.0696. The number of carbonyl (C=O) groups excluding carboxylic acids is 1. The highest BCUT2D eigenvalue weighted by Gasteiger charge is 2.20. The summed E-state index contributed by atoms with van der Waals surface area (Å²) in [6.45, 7) is 3.56. The molecule has 0 aliphatic rings. The minimum absolute atomic E-state index is 0.0696. The number of rotatable bonds is 9. The second-order valence-corrected chi connectivity index (χ2v) is 9.56. The predicted molar refractivity (Wildman–Crippen MR) is 144 cm³/mol. The molecule has 5 aromatic rings. The maximum absolute atomic E-state index is 13.6. The Hall–Kier alpha value is -3.77. The number of benzene rings is 3. The lowest BCUT2D eigenvalue weighted by atomic mass is 10.0. The van der Waals surface area contributed by atoms with E-state index >= 15 is 0 Å². The normalized spacial score (nSPS) is 11.1. The number of imidazole rings is 1. The molecule has 2 aromatic heterocycles. The molecule has 2 heterocycles. The molecule has 35 heavy (non-hydrogen) atoms. The highest BCUT2D eigenvalue weighted by Crippen LogP contribution is 2.32. The highest BCUT2D eigenvalue weighted by atomic mass is 32.1. The van der Waals surface area contributed by atoms with Crippen molar-refractivity contribution in [2.24, 2.45) is 0 Å². The third kappa shape index (κ3) is 5.33. The van der Waals surface area contributed by atoms with Crippen LogP contribution in [0, 0.1) is 0 Å². The van der Waals surface area contributed by atoms with Crippen molar-refractivity contribution in [2.45, 2.75) is 32.7 Å². The molecule has 0 saturated carbocycles. The number of thiazole rings is 1. The van der Waals surface area contributed by atoms with Crippen molar-refractivity contribution < 1.29 is 4.79 Å².